The van der Waals surface area contributed by atoms with Crippen molar-refractivity contribution in [3.05, 3.63) is 49.9 Å². The number of hydrogen-bond donors (Lipinski definition) is 2. The number of carbonyl (C=O) groups is 1. The highest BCUT2D eigenvalue weighted by Crippen LogP contribution is 2.35. The van der Waals surface area contributed by atoms with E-state index < -0.39 is 5.91 Å². The predicted molar refractivity (Wildman–Crippen MR) is 89.5 cm³/mol. The Labute approximate surface area is 143 Å². The normalized spacial score (nSPS) is 10.3. The molecule has 0 heterocycles. The van der Waals surface area contributed by atoms with Crippen LogP contribution >= 0.6 is 43.5 Å². The van der Waals surface area contributed by atoms with Crippen LogP contribution in [-0.4, -0.2) is 18.1 Å². The minimum absolute atomic E-state index is 0.0938. The van der Waals surface area contributed by atoms with E-state index in [1.165, 1.54) is 25.3 Å². The Morgan fingerprint density at radius 3 is 2.62 bits per heavy atom. The molecule has 21 heavy (non-hydrogen) atoms. The Balaban J connectivity index is 2.33. The maximum atomic E-state index is 12.2. The summed E-state index contributed by atoms with van der Waals surface area (Å²) in [6.07, 6.45) is 0. The summed E-state index contributed by atoms with van der Waals surface area (Å²) in [7, 11) is 1.53. The summed E-state index contributed by atoms with van der Waals surface area (Å²) < 4.78 is 6.60. The molecule has 0 aliphatic heterocycles. The van der Waals surface area contributed by atoms with Crippen LogP contribution in [0, 0.1) is 0 Å². The van der Waals surface area contributed by atoms with E-state index in [2.05, 4.69) is 37.2 Å². The van der Waals surface area contributed by atoms with Crippen LogP contribution in [0.2, 0.25) is 5.02 Å². The number of halogens is 3. The van der Waals surface area contributed by atoms with Gasteiger partial charge in [0.2, 0.25) is 0 Å². The molecular weight excluding hydrogens is 425 g/mol. The molecule has 1 amide bonds. The van der Waals surface area contributed by atoms with Crippen molar-refractivity contribution in [2.24, 2.45) is 0 Å². The maximum Gasteiger partial charge on any atom is 0.259 e. The van der Waals surface area contributed by atoms with Gasteiger partial charge in [0.05, 0.1) is 22.8 Å². The number of benzene rings is 2. The van der Waals surface area contributed by atoms with Crippen LogP contribution in [-0.2, 0) is 0 Å². The lowest BCUT2D eigenvalue weighted by Gasteiger charge is -2.12. The summed E-state index contributed by atoms with van der Waals surface area (Å²) in [5, 5.41) is 12.8. The highest BCUT2D eigenvalue weighted by atomic mass is 79.9. The topological polar surface area (TPSA) is 58.6 Å². The van der Waals surface area contributed by atoms with Crippen LogP contribution < -0.4 is 10.1 Å². The van der Waals surface area contributed by atoms with Crippen LogP contribution in [0.5, 0.6) is 11.5 Å². The lowest BCUT2D eigenvalue weighted by atomic mass is 10.2. The monoisotopic (exact) mass is 433 g/mol. The number of carbonyl (C=O) groups excluding carboxylic acids is 1. The summed E-state index contributed by atoms with van der Waals surface area (Å²) in [4.78, 5) is 12.2. The van der Waals surface area contributed by atoms with Gasteiger partial charge >= 0.3 is 0 Å². The van der Waals surface area contributed by atoms with Crippen molar-refractivity contribution in [3.63, 3.8) is 0 Å². The van der Waals surface area contributed by atoms with Gasteiger partial charge in [0.1, 0.15) is 11.5 Å². The average molecular weight is 435 g/mol. The van der Waals surface area contributed by atoms with Crippen LogP contribution in [0.3, 0.4) is 0 Å². The van der Waals surface area contributed by atoms with Gasteiger partial charge in [-0.2, -0.15) is 0 Å². The highest BCUT2D eigenvalue weighted by molar-refractivity contribution is 9.11. The quantitative estimate of drug-likeness (QED) is 0.726. The van der Waals surface area contributed by atoms with E-state index in [0.717, 1.165) is 4.47 Å². The van der Waals surface area contributed by atoms with Crippen LogP contribution in [0.4, 0.5) is 5.69 Å². The summed E-state index contributed by atoms with van der Waals surface area (Å²) >= 11 is 12.5. The second-order valence-corrected chi connectivity index (χ2v) is 6.23. The van der Waals surface area contributed by atoms with Gasteiger partial charge < -0.3 is 15.2 Å². The number of rotatable bonds is 3. The van der Waals surface area contributed by atoms with Gasteiger partial charge in [-0.15, -0.1) is 0 Å². The molecule has 2 rings (SSSR count). The fraction of sp³-hybridized carbons (Fsp3) is 0.0714. The Bertz CT molecular complexity index is 707. The number of nitrogens with one attached hydrogen (secondary N) is 1. The van der Waals surface area contributed by atoms with E-state index in [-0.39, 0.29) is 11.3 Å². The molecule has 4 nitrogen and oxygen atoms in total. The summed E-state index contributed by atoms with van der Waals surface area (Å²) in [5.74, 6) is -0.0407. The van der Waals surface area contributed by atoms with Crippen molar-refractivity contribution in [2.45, 2.75) is 0 Å². The molecule has 0 saturated carbocycles. The van der Waals surface area contributed by atoms with Gasteiger partial charge in [0.15, 0.2) is 0 Å². The Kier molecular flexibility index (Phi) is 5.13. The molecule has 0 spiro atoms. The zero-order chi connectivity index (χ0) is 15.6. The van der Waals surface area contributed by atoms with E-state index in [1.807, 2.05) is 0 Å². The van der Waals surface area contributed by atoms with E-state index in [4.69, 9.17) is 16.3 Å². The minimum Gasteiger partial charge on any atom is -0.507 e. The number of phenols is 1. The van der Waals surface area contributed by atoms with Crippen molar-refractivity contribution < 1.29 is 14.6 Å². The number of aromatic hydroxyl groups is 1. The molecular formula is C14H10Br2ClNO3. The lowest BCUT2D eigenvalue weighted by molar-refractivity contribution is 0.102. The first-order chi connectivity index (χ1) is 9.92. The molecule has 2 aromatic rings. The van der Waals surface area contributed by atoms with Crippen LogP contribution in [0.1, 0.15) is 10.4 Å². The van der Waals surface area contributed by atoms with E-state index >= 15 is 0 Å². The third-order valence-electron chi connectivity index (χ3n) is 2.69. The second-order valence-electron chi connectivity index (χ2n) is 4.08. The molecule has 0 saturated heterocycles. The highest BCUT2D eigenvalue weighted by Gasteiger charge is 2.15. The maximum absolute atomic E-state index is 12.2. The largest absolute Gasteiger partial charge is 0.507 e. The fourth-order valence-electron chi connectivity index (χ4n) is 1.66. The van der Waals surface area contributed by atoms with Gasteiger partial charge in [-0.25, -0.2) is 0 Å². The van der Waals surface area contributed by atoms with E-state index in [1.54, 1.807) is 12.1 Å². The van der Waals surface area contributed by atoms with Crippen molar-refractivity contribution in [2.75, 3.05) is 12.4 Å². The third kappa shape index (κ3) is 3.70. The second kappa shape index (κ2) is 6.68. The van der Waals surface area contributed by atoms with E-state index in [9.17, 15) is 9.90 Å². The van der Waals surface area contributed by atoms with E-state index in [0.29, 0.717) is 20.9 Å². The first kappa shape index (κ1) is 16.1. The lowest BCUT2D eigenvalue weighted by Crippen LogP contribution is -2.12. The zero-order valence-corrected chi connectivity index (χ0v) is 14.7. The third-order valence-corrected chi connectivity index (χ3v) is 4.20. The molecule has 0 bridgehead atoms. The molecule has 0 unspecified atom stereocenters. The molecule has 2 aromatic carbocycles. The molecule has 7 heteroatoms. The molecule has 0 radical (unpaired) electrons. The van der Waals surface area contributed by atoms with Gasteiger partial charge in [-0.1, -0.05) is 11.6 Å². The number of anilines is 1. The standard InChI is InChI=1S/C14H10Br2ClNO3/c1-21-13-6-11(9(15)5-10(13)16)18-14(20)8-4-7(17)2-3-12(8)19/h2-6,19H,1H3,(H,18,20). The average Bonchev–Trinajstić information content (AvgIpc) is 2.44. The molecule has 0 atom stereocenters. The Hall–Kier alpha value is -1.24. The first-order valence-electron chi connectivity index (χ1n) is 5.75. The van der Waals surface area contributed by atoms with Crippen molar-refractivity contribution in [1.29, 1.82) is 0 Å². The number of amides is 1. The Morgan fingerprint density at radius 2 is 1.95 bits per heavy atom. The van der Waals surface area contributed by atoms with Gasteiger partial charge in [-0.3, -0.25) is 4.79 Å². The Morgan fingerprint density at radius 1 is 1.24 bits per heavy atom. The number of ether oxygens (including phenoxy) is 1. The van der Waals surface area contributed by atoms with Crippen LogP contribution in [0.25, 0.3) is 0 Å². The molecule has 0 aliphatic rings. The first-order valence-corrected chi connectivity index (χ1v) is 7.71. The van der Waals surface area contributed by atoms with Crippen molar-refractivity contribution in [3.8, 4) is 11.5 Å². The number of phenolic OH excluding ortho intramolecular Hbond substituents is 1. The number of hydrogen-bond acceptors (Lipinski definition) is 3. The predicted octanol–water partition coefficient (Wildman–Crippen LogP) is 4.83. The molecule has 2 N–H and O–H groups in total. The van der Waals surface area contributed by atoms with Gasteiger partial charge in [0, 0.05) is 15.6 Å². The van der Waals surface area contributed by atoms with Gasteiger partial charge in [0.25, 0.3) is 5.91 Å². The minimum atomic E-state index is -0.472. The summed E-state index contributed by atoms with van der Waals surface area (Å²) in [6.45, 7) is 0. The molecule has 0 fully saturated rings. The molecule has 0 aliphatic carbocycles. The zero-order valence-electron chi connectivity index (χ0n) is 10.8. The smallest absolute Gasteiger partial charge is 0.259 e. The SMILES string of the molecule is COc1cc(NC(=O)c2cc(Cl)ccc2O)c(Br)cc1Br. The number of methoxy groups -OCH3 is 1. The van der Waals surface area contributed by atoms with Crippen molar-refractivity contribution in [1.82, 2.24) is 0 Å². The van der Waals surface area contributed by atoms with Crippen LogP contribution in [0.15, 0.2) is 39.3 Å². The van der Waals surface area contributed by atoms with Gasteiger partial charge in [-0.05, 0) is 56.1 Å². The summed E-state index contributed by atoms with van der Waals surface area (Å²) in [6, 6.07) is 7.69. The van der Waals surface area contributed by atoms with Crippen molar-refractivity contribution >= 4 is 55.1 Å². The molecule has 0 aromatic heterocycles. The fourth-order valence-corrected chi connectivity index (χ4v) is 3.09. The molecule has 110 valence electrons. The summed E-state index contributed by atoms with van der Waals surface area (Å²) in [5.41, 5.74) is 0.607.